The van der Waals surface area contributed by atoms with Crippen LogP contribution in [0.3, 0.4) is 0 Å². The maximum Gasteiger partial charge on any atom is 0.0982 e. The molecular weight excluding hydrogens is 278 g/mol. The first-order valence-corrected chi connectivity index (χ1v) is 7.93. The minimum Gasteiger partial charge on any atom is -0.379 e. The molecule has 21 heavy (non-hydrogen) atoms. The van der Waals surface area contributed by atoms with Crippen LogP contribution in [0.4, 0.5) is 5.69 Å². The van der Waals surface area contributed by atoms with Crippen LogP contribution >= 0.6 is 11.3 Å². The van der Waals surface area contributed by atoms with Crippen LogP contribution < -0.4 is 5.32 Å². The van der Waals surface area contributed by atoms with Gasteiger partial charge in [-0.1, -0.05) is 32.9 Å². The third-order valence-corrected chi connectivity index (χ3v) is 4.65. The first-order chi connectivity index (χ1) is 10.0. The van der Waals surface area contributed by atoms with Gasteiger partial charge in [-0.2, -0.15) is 0 Å². The number of thiazole rings is 1. The van der Waals surface area contributed by atoms with Crippen molar-refractivity contribution in [1.82, 2.24) is 9.97 Å². The highest BCUT2D eigenvalue weighted by atomic mass is 32.1. The second-order valence-corrected chi connectivity index (χ2v) is 7.01. The Morgan fingerprint density at radius 1 is 1.19 bits per heavy atom. The monoisotopic (exact) mass is 297 g/mol. The molecule has 0 bridgehead atoms. The van der Waals surface area contributed by atoms with E-state index in [0.29, 0.717) is 0 Å². The van der Waals surface area contributed by atoms with Gasteiger partial charge in [0.2, 0.25) is 0 Å². The van der Waals surface area contributed by atoms with Crippen molar-refractivity contribution in [3.05, 3.63) is 52.7 Å². The van der Waals surface area contributed by atoms with E-state index in [1.807, 2.05) is 24.5 Å². The Morgan fingerprint density at radius 3 is 2.81 bits per heavy atom. The van der Waals surface area contributed by atoms with Gasteiger partial charge in [-0.15, -0.1) is 11.3 Å². The molecule has 0 saturated heterocycles. The molecule has 0 aliphatic heterocycles. The van der Waals surface area contributed by atoms with E-state index in [-0.39, 0.29) is 5.41 Å². The van der Waals surface area contributed by atoms with Crippen LogP contribution in [-0.4, -0.2) is 9.97 Å². The predicted molar refractivity (Wildman–Crippen MR) is 89.9 cm³/mol. The summed E-state index contributed by atoms with van der Waals surface area (Å²) in [5.74, 6) is 0. The van der Waals surface area contributed by atoms with Gasteiger partial charge in [0.05, 0.1) is 17.2 Å². The minimum absolute atomic E-state index is 0.119. The van der Waals surface area contributed by atoms with Crippen molar-refractivity contribution < 1.29 is 0 Å². The summed E-state index contributed by atoms with van der Waals surface area (Å²) in [6.45, 7) is 7.33. The van der Waals surface area contributed by atoms with Gasteiger partial charge in [0.15, 0.2) is 0 Å². The first-order valence-electron chi connectivity index (χ1n) is 7.05. The highest BCUT2D eigenvalue weighted by Crippen LogP contribution is 2.27. The molecule has 1 N–H and O–H groups in total. The Morgan fingerprint density at radius 2 is 2.05 bits per heavy atom. The Bertz CT molecular complexity index is 751. The summed E-state index contributed by atoms with van der Waals surface area (Å²) in [5, 5.41) is 9.15. The van der Waals surface area contributed by atoms with Gasteiger partial charge in [-0.05, 0) is 12.1 Å². The number of rotatable bonds is 3. The first kappa shape index (κ1) is 14.0. The summed E-state index contributed by atoms with van der Waals surface area (Å²) in [6, 6.07) is 8.26. The zero-order valence-electron chi connectivity index (χ0n) is 12.6. The molecule has 3 aromatic rings. The molecule has 0 saturated carbocycles. The molecule has 4 heteroatoms. The number of benzene rings is 1. The van der Waals surface area contributed by atoms with Crippen LogP contribution in [0.15, 0.2) is 42.0 Å². The van der Waals surface area contributed by atoms with Gasteiger partial charge in [-0.25, -0.2) is 4.98 Å². The van der Waals surface area contributed by atoms with Crippen molar-refractivity contribution in [2.75, 3.05) is 5.32 Å². The summed E-state index contributed by atoms with van der Waals surface area (Å²) in [7, 11) is 0. The lowest BCUT2D eigenvalue weighted by molar-refractivity contribution is 0.583. The van der Waals surface area contributed by atoms with E-state index in [0.717, 1.165) is 23.3 Å². The van der Waals surface area contributed by atoms with Crippen LogP contribution in [0.2, 0.25) is 0 Å². The van der Waals surface area contributed by atoms with E-state index < -0.39 is 0 Å². The number of fused-ring (bicyclic) bond motifs is 1. The van der Waals surface area contributed by atoms with E-state index in [1.165, 1.54) is 10.4 Å². The van der Waals surface area contributed by atoms with E-state index in [2.05, 4.69) is 48.6 Å². The fourth-order valence-corrected chi connectivity index (χ4v) is 3.10. The van der Waals surface area contributed by atoms with Gasteiger partial charge in [0.25, 0.3) is 0 Å². The van der Waals surface area contributed by atoms with Crippen molar-refractivity contribution in [1.29, 1.82) is 0 Å². The second kappa shape index (κ2) is 5.45. The number of anilines is 1. The van der Waals surface area contributed by atoms with Crippen LogP contribution in [0.5, 0.6) is 0 Å². The minimum atomic E-state index is 0.119. The van der Waals surface area contributed by atoms with Gasteiger partial charge in [0, 0.05) is 39.6 Å². The summed E-state index contributed by atoms with van der Waals surface area (Å²) >= 11 is 1.73. The molecule has 2 aromatic heterocycles. The molecule has 0 unspecified atom stereocenters. The smallest absolute Gasteiger partial charge is 0.0982 e. The summed E-state index contributed by atoms with van der Waals surface area (Å²) in [6.07, 6.45) is 3.72. The maximum atomic E-state index is 4.72. The number of aromatic nitrogens is 2. The molecule has 0 amide bonds. The normalized spacial score (nSPS) is 11.8. The predicted octanol–water partition coefficient (Wildman–Crippen LogP) is 4.60. The second-order valence-electron chi connectivity index (χ2n) is 6.15. The summed E-state index contributed by atoms with van der Waals surface area (Å²) in [4.78, 5) is 8.88. The summed E-state index contributed by atoms with van der Waals surface area (Å²) < 4.78 is 0. The Balaban J connectivity index is 1.79. The third kappa shape index (κ3) is 3.05. The van der Waals surface area contributed by atoms with Crippen molar-refractivity contribution in [2.24, 2.45) is 0 Å². The molecule has 0 spiro atoms. The quantitative estimate of drug-likeness (QED) is 0.767. The maximum absolute atomic E-state index is 4.72. The molecule has 0 radical (unpaired) electrons. The van der Waals surface area contributed by atoms with Crippen LogP contribution in [-0.2, 0) is 12.0 Å². The number of hydrogen-bond donors (Lipinski definition) is 1. The standard InChI is InChI=1S/C17H19N3S/c1-17(2,3)16-20-13(11-21-16)10-19-15-6-4-5-12-9-18-8-7-14(12)15/h4-9,11,19H,10H2,1-3H3. The van der Waals surface area contributed by atoms with Crippen molar-refractivity contribution in [3.8, 4) is 0 Å². The highest BCUT2D eigenvalue weighted by Gasteiger charge is 2.17. The molecule has 1 aromatic carbocycles. The van der Waals surface area contributed by atoms with E-state index in [4.69, 9.17) is 4.98 Å². The van der Waals surface area contributed by atoms with Crippen LogP contribution in [0.25, 0.3) is 10.8 Å². The fraction of sp³-hybridized carbons (Fsp3) is 0.294. The average Bonchev–Trinajstić information content (AvgIpc) is 2.94. The van der Waals surface area contributed by atoms with Gasteiger partial charge >= 0.3 is 0 Å². The fourth-order valence-electron chi connectivity index (χ4n) is 2.20. The van der Waals surface area contributed by atoms with E-state index in [1.54, 1.807) is 11.3 Å². The molecule has 3 rings (SSSR count). The Labute approximate surface area is 129 Å². The lowest BCUT2D eigenvalue weighted by Gasteiger charge is -2.13. The highest BCUT2D eigenvalue weighted by molar-refractivity contribution is 7.09. The van der Waals surface area contributed by atoms with Gasteiger partial charge < -0.3 is 5.32 Å². The van der Waals surface area contributed by atoms with Crippen molar-refractivity contribution >= 4 is 27.8 Å². The number of hydrogen-bond acceptors (Lipinski definition) is 4. The molecule has 2 heterocycles. The van der Waals surface area contributed by atoms with Gasteiger partial charge in [-0.3, -0.25) is 4.98 Å². The lowest BCUT2D eigenvalue weighted by atomic mass is 9.98. The van der Waals surface area contributed by atoms with Gasteiger partial charge in [0.1, 0.15) is 0 Å². The number of nitrogens with one attached hydrogen (secondary N) is 1. The molecule has 0 aliphatic rings. The molecule has 0 aliphatic carbocycles. The zero-order chi connectivity index (χ0) is 14.9. The third-order valence-electron chi connectivity index (χ3n) is 3.33. The largest absolute Gasteiger partial charge is 0.379 e. The van der Waals surface area contributed by atoms with E-state index >= 15 is 0 Å². The molecular formula is C17H19N3S. The van der Waals surface area contributed by atoms with Crippen molar-refractivity contribution in [3.63, 3.8) is 0 Å². The number of nitrogens with zero attached hydrogens (tertiary/aromatic N) is 2. The SMILES string of the molecule is CC(C)(C)c1nc(CNc2cccc3cnccc23)cs1. The molecule has 0 atom stereocenters. The van der Waals surface area contributed by atoms with Crippen LogP contribution in [0, 0.1) is 0 Å². The molecule has 0 fully saturated rings. The Hall–Kier alpha value is -1.94. The molecule has 108 valence electrons. The number of pyridine rings is 1. The van der Waals surface area contributed by atoms with Crippen LogP contribution in [0.1, 0.15) is 31.5 Å². The zero-order valence-corrected chi connectivity index (χ0v) is 13.4. The molecule has 3 nitrogen and oxygen atoms in total. The topological polar surface area (TPSA) is 37.8 Å². The average molecular weight is 297 g/mol. The van der Waals surface area contributed by atoms with E-state index in [9.17, 15) is 0 Å². The van der Waals surface area contributed by atoms with Crippen molar-refractivity contribution in [2.45, 2.75) is 32.7 Å². The Kier molecular flexibility index (Phi) is 3.64. The lowest BCUT2D eigenvalue weighted by Crippen LogP contribution is -2.11. The summed E-state index contributed by atoms with van der Waals surface area (Å²) in [5.41, 5.74) is 2.34.